The van der Waals surface area contributed by atoms with E-state index in [-0.39, 0.29) is 5.41 Å². The standard InChI is InChI=1S/C16H30IN3/c1-5-7-9-11-13-16(3,12-10-8-6-2)14-15(17)19-20(4)18-14/h5-13H2,1-4H3. The van der Waals surface area contributed by atoms with Crippen LogP contribution in [-0.4, -0.2) is 15.0 Å². The summed E-state index contributed by atoms with van der Waals surface area (Å²) in [6, 6.07) is 0. The van der Waals surface area contributed by atoms with E-state index in [9.17, 15) is 0 Å². The molecule has 0 N–H and O–H groups in total. The summed E-state index contributed by atoms with van der Waals surface area (Å²) in [7, 11) is 1.93. The maximum absolute atomic E-state index is 4.66. The largest absolute Gasteiger partial charge is 0.187 e. The van der Waals surface area contributed by atoms with Gasteiger partial charge in [-0.15, -0.1) is 5.10 Å². The van der Waals surface area contributed by atoms with Crippen LogP contribution < -0.4 is 0 Å². The maximum atomic E-state index is 4.66. The van der Waals surface area contributed by atoms with Crippen molar-refractivity contribution in [1.29, 1.82) is 0 Å². The van der Waals surface area contributed by atoms with E-state index < -0.39 is 0 Å². The highest BCUT2D eigenvalue weighted by Crippen LogP contribution is 2.36. The minimum atomic E-state index is 0.202. The van der Waals surface area contributed by atoms with Crippen molar-refractivity contribution >= 4 is 22.6 Å². The predicted octanol–water partition coefficient (Wildman–Crippen LogP) is 5.23. The van der Waals surface area contributed by atoms with Crippen LogP contribution in [0.15, 0.2) is 0 Å². The zero-order chi connectivity index (χ0) is 15.0. The molecule has 1 heterocycles. The number of nitrogens with zero attached hydrogens (tertiary/aromatic N) is 3. The van der Waals surface area contributed by atoms with Gasteiger partial charge in [-0.05, 0) is 35.4 Å². The minimum absolute atomic E-state index is 0.202. The molecule has 20 heavy (non-hydrogen) atoms. The van der Waals surface area contributed by atoms with Gasteiger partial charge in [0.1, 0.15) is 9.39 Å². The molecule has 1 rings (SSSR count). The molecule has 0 amide bonds. The van der Waals surface area contributed by atoms with Crippen molar-refractivity contribution in [2.75, 3.05) is 0 Å². The topological polar surface area (TPSA) is 30.7 Å². The van der Waals surface area contributed by atoms with E-state index in [4.69, 9.17) is 0 Å². The van der Waals surface area contributed by atoms with Crippen LogP contribution in [0.3, 0.4) is 0 Å². The first kappa shape index (κ1) is 17.9. The molecule has 0 aliphatic heterocycles. The predicted molar refractivity (Wildman–Crippen MR) is 94.0 cm³/mol. The minimum Gasteiger partial charge on any atom is -0.187 e. The number of hydrogen-bond acceptors (Lipinski definition) is 2. The van der Waals surface area contributed by atoms with Crippen LogP contribution in [0.1, 0.15) is 84.3 Å². The fourth-order valence-corrected chi connectivity index (χ4v) is 3.89. The third-order valence-corrected chi connectivity index (χ3v) is 4.89. The Morgan fingerprint density at radius 3 is 2.00 bits per heavy atom. The fraction of sp³-hybridized carbons (Fsp3) is 0.875. The van der Waals surface area contributed by atoms with E-state index in [0.717, 1.165) is 3.70 Å². The highest BCUT2D eigenvalue weighted by atomic mass is 127. The zero-order valence-corrected chi connectivity index (χ0v) is 15.7. The lowest BCUT2D eigenvalue weighted by Crippen LogP contribution is -2.24. The third kappa shape index (κ3) is 5.34. The molecule has 0 bridgehead atoms. The number of rotatable bonds is 10. The number of unbranched alkanes of at least 4 members (excludes halogenated alkanes) is 5. The van der Waals surface area contributed by atoms with E-state index in [2.05, 4.69) is 53.6 Å². The molecule has 1 aromatic heterocycles. The molecule has 116 valence electrons. The third-order valence-electron chi connectivity index (χ3n) is 4.16. The first-order chi connectivity index (χ1) is 9.53. The lowest BCUT2D eigenvalue weighted by atomic mass is 9.77. The van der Waals surface area contributed by atoms with Gasteiger partial charge in [0.2, 0.25) is 0 Å². The van der Waals surface area contributed by atoms with E-state index in [1.54, 1.807) is 4.80 Å². The summed E-state index contributed by atoms with van der Waals surface area (Å²) < 4.78 is 1.08. The average Bonchev–Trinajstić information content (AvgIpc) is 2.75. The maximum Gasteiger partial charge on any atom is 0.147 e. The molecule has 0 saturated heterocycles. The molecule has 1 unspecified atom stereocenters. The number of halogens is 1. The molecular formula is C16H30IN3. The van der Waals surface area contributed by atoms with Gasteiger partial charge in [0.15, 0.2) is 0 Å². The molecule has 3 nitrogen and oxygen atoms in total. The van der Waals surface area contributed by atoms with E-state index >= 15 is 0 Å². The second-order valence-electron chi connectivity index (χ2n) is 6.16. The van der Waals surface area contributed by atoms with E-state index in [1.807, 2.05) is 7.05 Å². The molecule has 0 aromatic carbocycles. The zero-order valence-electron chi connectivity index (χ0n) is 13.6. The first-order valence-corrected chi connectivity index (χ1v) is 9.18. The lowest BCUT2D eigenvalue weighted by molar-refractivity contribution is 0.352. The van der Waals surface area contributed by atoms with Gasteiger partial charge in [0, 0.05) is 12.5 Å². The molecule has 0 aliphatic carbocycles. The quantitative estimate of drug-likeness (QED) is 0.404. The van der Waals surface area contributed by atoms with Gasteiger partial charge >= 0.3 is 0 Å². The van der Waals surface area contributed by atoms with Crippen LogP contribution >= 0.6 is 22.6 Å². The molecular weight excluding hydrogens is 361 g/mol. The van der Waals surface area contributed by atoms with Crippen molar-refractivity contribution in [2.45, 2.75) is 84.0 Å². The van der Waals surface area contributed by atoms with Crippen LogP contribution in [0.4, 0.5) is 0 Å². The van der Waals surface area contributed by atoms with Gasteiger partial charge < -0.3 is 0 Å². The second kappa shape index (κ2) is 9.00. The van der Waals surface area contributed by atoms with Gasteiger partial charge in [-0.2, -0.15) is 9.90 Å². The Hall–Kier alpha value is -0.130. The SMILES string of the molecule is CCCCCCC(C)(CCCCC)c1nn(C)nc1I. The normalized spacial score (nSPS) is 14.4. The van der Waals surface area contributed by atoms with Crippen molar-refractivity contribution in [1.82, 2.24) is 15.0 Å². The lowest BCUT2D eigenvalue weighted by Gasteiger charge is -2.28. The second-order valence-corrected chi connectivity index (χ2v) is 7.18. The van der Waals surface area contributed by atoms with Gasteiger partial charge in [0.05, 0.1) is 0 Å². The Morgan fingerprint density at radius 1 is 0.950 bits per heavy atom. The summed E-state index contributed by atoms with van der Waals surface area (Å²) in [5.41, 5.74) is 1.42. The van der Waals surface area contributed by atoms with Gasteiger partial charge in [0.25, 0.3) is 0 Å². The van der Waals surface area contributed by atoms with Crippen molar-refractivity contribution in [3.05, 3.63) is 9.39 Å². The fourth-order valence-electron chi connectivity index (χ4n) is 2.82. The average molecular weight is 391 g/mol. The van der Waals surface area contributed by atoms with E-state index in [1.165, 1.54) is 63.5 Å². The summed E-state index contributed by atoms with van der Waals surface area (Å²) in [6.07, 6.45) is 11.7. The molecule has 0 saturated carbocycles. The van der Waals surface area contributed by atoms with Crippen LogP contribution in [-0.2, 0) is 12.5 Å². The molecule has 0 fully saturated rings. The molecule has 1 atom stereocenters. The van der Waals surface area contributed by atoms with E-state index in [0.29, 0.717) is 0 Å². The number of hydrogen-bond donors (Lipinski definition) is 0. The van der Waals surface area contributed by atoms with Crippen molar-refractivity contribution in [3.63, 3.8) is 0 Å². The molecule has 4 heteroatoms. The monoisotopic (exact) mass is 391 g/mol. The first-order valence-electron chi connectivity index (χ1n) is 8.10. The summed E-state index contributed by atoms with van der Waals surface area (Å²) >= 11 is 2.34. The Bertz CT molecular complexity index is 389. The Labute approximate surface area is 138 Å². The Morgan fingerprint density at radius 2 is 1.50 bits per heavy atom. The molecule has 1 aromatic rings. The van der Waals surface area contributed by atoms with Crippen LogP contribution in [0.5, 0.6) is 0 Å². The molecule has 0 radical (unpaired) electrons. The van der Waals surface area contributed by atoms with Gasteiger partial charge in [-0.25, -0.2) is 0 Å². The Kier molecular flexibility index (Phi) is 8.07. The highest BCUT2D eigenvalue weighted by Gasteiger charge is 2.31. The van der Waals surface area contributed by atoms with Crippen molar-refractivity contribution in [2.24, 2.45) is 7.05 Å². The van der Waals surface area contributed by atoms with Crippen molar-refractivity contribution in [3.8, 4) is 0 Å². The summed E-state index contributed by atoms with van der Waals surface area (Å²) in [5, 5.41) is 9.10. The molecule has 0 aliphatic rings. The Balaban J connectivity index is 2.74. The number of aryl methyl sites for hydroxylation is 1. The van der Waals surface area contributed by atoms with Crippen LogP contribution in [0.2, 0.25) is 0 Å². The van der Waals surface area contributed by atoms with Crippen LogP contribution in [0.25, 0.3) is 0 Å². The van der Waals surface area contributed by atoms with Crippen molar-refractivity contribution < 1.29 is 0 Å². The van der Waals surface area contributed by atoms with Gasteiger partial charge in [-0.3, -0.25) is 0 Å². The smallest absolute Gasteiger partial charge is 0.147 e. The summed E-state index contributed by atoms with van der Waals surface area (Å²) in [5.74, 6) is 0. The summed E-state index contributed by atoms with van der Waals surface area (Å²) in [4.78, 5) is 1.72. The number of aromatic nitrogens is 3. The summed E-state index contributed by atoms with van der Waals surface area (Å²) in [6.45, 7) is 6.93. The van der Waals surface area contributed by atoms with Gasteiger partial charge in [-0.1, -0.05) is 65.7 Å². The van der Waals surface area contributed by atoms with Crippen LogP contribution in [0, 0.1) is 3.70 Å². The molecule has 0 spiro atoms. The highest BCUT2D eigenvalue weighted by molar-refractivity contribution is 14.1.